The summed E-state index contributed by atoms with van der Waals surface area (Å²) in [6.45, 7) is 1.60. The molecular weight excluding hydrogens is 243 g/mol. The molecule has 0 heterocycles. The van der Waals surface area contributed by atoms with Gasteiger partial charge in [0, 0.05) is 6.07 Å². The summed E-state index contributed by atoms with van der Waals surface area (Å²) in [4.78, 5) is 0. The lowest BCUT2D eigenvalue weighted by Crippen LogP contribution is -2.05. The Hall–Kier alpha value is -1.23. The zero-order valence-corrected chi connectivity index (χ0v) is 10.3. The quantitative estimate of drug-likeness (QED) is 0.901. The van der Waals surface area contributed by atoms with Crippen molar-refractivity contribution >= 4 is 0 Å². The molecule has 0 saturated heterocycles. The van der Waals surface area contributed by atoms with Crippen molar-refractivity contribution in [1.29, 1.82) is 0 Å². The maximum absolute atomic E-state index is 13.9. The van der Waals surface area contributed by atoms with Crippen LogP contribution in [0.1, 0.15) is 25.3 Å². The van der Waals surface area contributed by atoms with Crippen LogP contribution in [0.3, 0.4) is 0 Å². The predicted molar refractivity (Wildman–Crippen MR) is 62.1 cm³/mol. The van der Waals surface area contributed by atoms with E-state index in [1.807, 2.05) is 13.8 Å². The van der Waals surface area contributed by atoms with Gasteiger partial charge in [-0.15, -0.1) is 0 Å². The van der Waals surface area contributed by atoms with Crippen molar-refractivity contribution in [2.45, 2.75) is 26.4 Å². The first kappa shape index (κ1) is 13.2. The number of benzene rings is 1. The Labute approximate surface area is 104 Å². The topological polar surface area (TPSA) is 35.2 Å². The number of ether oxygens (including phenoxy) is 1. The number of nitrogens with two attached hydrogens (primary N) is 1. The van der Waals surface area contributed by atoms with Crippen molar-refractivity contribution in [3.63, 3.8) is 0 Å². The van der Waals surface area contributed by atoms with E-state index in [-0.39, 0.29) is 23.0 Å². The zero-order chi connectivity index (χ0) is 13.5. The molecule has 2 N–H and O–H groups in total. The maximum Gasteiger partial charge on any atom is 0.387 e. The second-order valence-corrected chi connectivity index (χ2v) is 5.20. The third kappa shape index (κ3) is 2.19. The van der Waals surface area contributed by atoms with Gasteiger partial charge in [0.2, 0.25) is 0 Å². The minimum atomic E-state index is -2.94. The van der Waals surface area contributed by atoms with E-state index in [9.17, 15) is 13.2 Å². The van der Waals surface area contributed by atoms with Crippen LogP contribution in [0.2, 0.25) is 0 Å². The highest BCUT2D eigenvalue weighted by molar-refractivity contribution is 5.37. The number of rotatable bonds is 4. The van der Waals surface area contributed by atoms with Gasteiger partial charge in [-0.2, -0.15) is 8.78 Å². The van der Waals surface area contributed by atoms with E-state index >= 15 is 0 Å². The van der Waals surface area contributed by atoms with Crippen LogP contribution in [-0.2, 0) is 0 Å². The fourth-order valence-corrected chi connectivity index (χ4v) is 2.74. The van der Waals surface area contributed by atoms with Gasteiger partial charge in [0.1, 0.15) is 11.6 Å². The molecule has 1 aromatic carbocycles. The molecule has 1 fully saturated rings. The van der Waals surface area contributed by atoms with E-state index in [2.05, 4.69) is 4.74 Å². The van der Waals surface area contributed by atoms with E-state index in [0.717, 1.165) is 6.07 Å². The molecular formula is C13H16F3NO. The van der Waals surface area contributed by atoms with Crippen LogP contribution in [0.15, 0.2) is 18.2 Å². The summed E-state index contributed by atoms with van der Waals surface area (Å²) in [6, 6.07) is 3.88. The highest BCUT2D eigenvalue weighted by atomic mass is 19.3. The highest BCUT2D eigenvalue weighted by Crippen LogP contribution is 2.64. The first-order chi connectivity index (χ1) is 8.37. The van der Waals surface area contributed by atoms with Gasteiger partial charge in [0.15, 0.2) is 0 Å². The fourth-order valence-electron chi connectivity index (χ4n) is 2.74. The Morgan fingerprint density at radius 3 is 2.50 bits per heavy atom. The molecule has 0 amide bonds. The molecule has 1 aliphatic rings. The monoisotopic (exact) mass is 259 g/mol. The van der Waals surface area contributed by atoms with E-state index in [0.29, 0.717) is 12.1 Å². The van der Waals surface area contributed by atoms with Crippen LogP contribution >= 0.6 is 0 Å². The standard InChI is InChI=1S/C13H16F3NO/c1-13(2)9(6-17)11(13)8-4-3-7(5-10(8)14)18-12(15)16/h3-5,9,11-12H,6,17H2,1-2H3/t9-,11-/m0/s1. The number of hydrogen-bond donors (Lipinski definition) is 1. The van der Waals surface area contributed by atoms with Crippen LogP contribution in [-0.4, -0.2) is 13.2 Å². The molecule has 0 unspecified atom stereocenters. The van der Waals surface area contributed by atoms with Gasteiger partial charge in [0.05, 0.1) is 0 Å². The second-order valence-electron chi connectivity index (χ2n) is 5.20. The van der Waals surface area contributed by atoms with Gasteiger partial charge in [-0.25, -0.2) is 4.39 Å². The van der Waals surface area contributed by atoms with Gasteiger partial charge in [-0.05, 0) is 35.4 Å². The van der Waals surface area contributed by atoms with Crippen LogP contribution < -0.4 is 10.5 Å². The molecule has 1 aromatic rings. The molecule has 5 heteroatoms. The maximum atomic E-state index is 13.9. The van der Waals surface area contributed by atoms with Gasteiger partial charge in [0.25, 0.3) is 0 Å². The van der Waals surface area contributed by atoms with Crippen molar-refractivity contribution < 1.29 is 17.9 Å². The summed E-state index contributed by atoms with van der Waals surface area (Å²) >= 11 is 0. The van der Waals surface area contributed by atoms with E-state index < -0.39 is 12.4 Å². The molecule has 2 rings (SSSR count). The molecule has 0 aromatic heterocycles. The zero-order valence-electron chi connectivity index (χ0n) is 10.3. The molecule has 100 valence electrons. The van der Waals surface area contributed by atoms with Crippen molar-refractivity contribution in [1.82, 2.24) is 0 Å². The minimum Gasteiger partial charge on any atom is -0.435 e. The number of hydrogen-bond acceptors (Lipinski definition) is 2. The molecule has 0 radical (unpaired) electrons. The molecule has 2 nitrogen and oxygen atoms in total. The molecule has 2 atom stereocenters. The van der Waals surface area contributed by atoms with Crippen molar-refractivity contribution in [2.24, 2.45) is 17.1 Å². The first-order valence-corrected chi connectivity index (χ1v) is 5.82. The summed E-state index contributed by atoms with van der Waals surface area (Å²) < 4.78 is 42.0. The number of halogens is 3. The Bertz CT molecular complexity index is 448. The second kappa shape index (κ2) is 4.46. The van der Waals surface area contributed by atoms with E-state index in [4.69, 9.17) is 5.73 Å². The normalized spacial score (nSPS) is 25.3. The SMILES string of the molecule is CC1(C)[C@@H](CN)[C@@H]1c1ccc(OC(F)F)cc1F. The first-order valence-electron chi connectivity index (χ1n) is 5.82. The van der Waals surface area contributed by atoms with Gasteiger partial charge in [-0.1, -0.05) is 19.9 Å². The largest absolute Gasteiger partial charge is 0.435 e. The summed E-state index contributed by atoms with van der Waals surface area (Å²) in [5.41, 5.74) is 6.12. The lowest BCUT2D eigenvalue weighted by molar-refractivity contribution is -0.0500. The highest BCUT2D eigenvalue weighted by Gasteiger charge is 2.57. The Morgan fingerprint density at radius 1 is 1.39 bits per heavy atom. The van der Waals surface area contributed by atoms with Crippen LogP contribution in [0.25, 0.3) is 0 Å². The Kier molecular flexibility index (Phi) is 3.27. The third-order valence-electron chi connectivity index (χ3n) is 3.84. The summed E-state index contributed by atoms with van der Waals surface area (Å²) in [5.74, 6) is -0.395. The van der Waals surface area contributed by atoms with E-state index in [1.54, 1.807) is 0 Å². The Balaban J connectivity index is 2.21. The lowest BCUT2D eigenvalue weighted by atomic mass is 10.0. The summed E-state index contributed by atoms with van der Waals surface area (Å²) in [7, 11) is 0. The predicted octanol–water partition coefficient (Wildman–Crippen LogP) is 3.13. The average Bonchev–Trinajstić information content (AvgIpc) is 2.79. The van der Waals surface area contributed by atoms with Crippen molar-refractivity contribution in [3.8, 4) is 5.75 Å². The van der Waals surface area contributed by atoms with Gasteiger partial charge in [-0.3, -0.25) is 0 Å². The minimum absolute atomic E-state index is 0.0410. The lowest BCUT2D eigenvalue weighted by Gasteiger charge is -2.08. The smallest absolute Gasteiger partial charge is 0.387 e. The third-order valence-corrected chi connectivity index (χ3v) is 3.84. The molecule has 0 aliphatic heterocycles. The Morgan fingerprint density at radius 2 is 2.06 bits per heavy atom. The van der Waals surface area contributed by atoms with Gasteiger partial charge < -0.3 is 10.5 Å². The molecule has 18 heavy (non-hydrogen) atoms. The molecule has 1 saturated carbocycles. The number of alkyl halides is 2. The van der Waals surface area contributed by atoms with E-state index in [1.165, 1.54) is 12.1 Å². The average molecular weight is 259 g/mol. The molecule has 0 spiro atoms. The van der Waals surface area contributed by atoms with Crippen LogP contribution in [0, 0.1) is 17.2 Å². The summed E-state index contributed by atoms with van der Waals surface area (Å²) in [6.07, 6.45) is 0. The van der Waals surface area contributed by atoms with Crippen molar-refractivity contribution in [2.75, 3.05) is 6.54 Å². The molecule has 0 bridgehead atoms. The fraction of sp³-hybridized carbons (Fsp3) is 0.538. The van der Waals surface area contributed by atoms with Crippen molar-refractivity contribution in [3.05, 3.63) is 29.6 Å². The molecule has 1 aliphatic carbocycles. The van der Waals surface area contributed by atoms with Crippen LogP contribution in [0.4, 0.5) is 13.2 Å². The van der Waals surface area contributed by atoms with Gasteiger partial charge >= 0.3 is 6.61 Å². The summed E-state index contributed by atoms with van der Waals surface area (Å²) in [5, 5.41) is 0. The van der Waals surface area contributed by atoms with Crippen LogP contribution in [0.5, 0.6) is 5.75 Å².